The fourth-order valence-corrected chi connectivity index (χ4v) is 1.85. The predicted octanol–water partition coefficient (Wildman–Crippen LogP) is 2.07. The van der Waals surface area contributed by atoms with Gasteiger partial charge in [0.15, 0.2) is 0 Å². The van der Waals surface area contributed by atoms with Crippen LogP contribution in [-0.4, -0.2) is 24.2 Å². The summed E-state index contributed by atoms with van der Waals surface area (Å²) >= 11 is 0. The Labute approximate surface area is 101 Å². The molecule has 1 amide bonds. The molecule has 1 aliphatic heterocycles. The molecule has 0 aliphatic carbocycles. The van der Waals surface area contributed by atoms with E-state index in [2.05, 4.69) is 5.32 Å². The van der Waals surface area contributed by atoms with Gasteiger partial charge in [0.05, 0.1) is 24.3 Å². The number of carbonyl (C=O) groups excluding carboxylic acids is 1. The third-order valence-electron chi connectivity index (χ3n) is 3.32. The van der Waals surface area contributed by atoms with E-state index in [9.17, 15) is 9.90 Å². The number of aryl methyl sites for hydroxylation is 1. The van der Waals surface area contributed by atoms with Gasteiger partial charge in [-0.15, -0.1) is 0 Å². The van der Waals surface area contributed by atoms with Gasteiger partial charge in [-0.2, -0.15) is 0 Å². The lowest BCUT2D eigenvalue weighted by Gasteiger charge is -2.39. The van der Waals surface area contributed by atoms with Crippen LogP contribution in [0.5, 0.6) is 5.75 Å². The van der Waals surface area contributed by atoms with Gasteiger partial charge in [0.1, 0.15) is 5.75 Å². The smallest absolute Gasteiger partial charge is 0.235 e. The van der Waals surface area contributed by atoms with Gasteiger partial charge in [-0.05, 0) is 31.0 Å². The molecule has 17 heavy (non-hydrogen) atoms. The number of hydrogen-bond donors (Lipinski definition) is 2. The first-order chi connectivity index (χ1) is 8.07. The highest BCUT2D eigenvalue weighted by molar-refractivity contribution is 5.97. The van der Waals surface area contributed by atoms with E-state index in [1.54, 1.807) is 12.1 Å². The monoisotopic (exact) mass is 235 g/mol. The zero-order chi connectivity index (χ0) is 12.5. The Kier molecular flexibility index (Phi) is 3.07. The van der Waals surface area contributed by atoms with E-state index in [-0.39, 0.29) is 11.7 Å². The molecule has 0 aromatic heterocycles. The van der Waals surface area contributed by atoms with Crippen LogP contribution in [0.1, 0.15) is 18.9 Å². The number of anilines is 1. The number of nitrogens with one attached hydrogen (secondary N) is 1. The van der Waals surface area contributed by atoms with Crippen molar-refractivity contribution in [3.05, 3.63) is 23.8 Å². The second-order valence-corrected chi connectivity index (χ2v) is 4.60. The Hall–Kier alpha value is -1.55. The minimum Gasteiger partial charge on any atom is -0.506 e. The molecule has 1 fully saturated rings. The molecule has 92 valence electrons. The Morgan fingerprint density at radius 1 is 1.53 bits per heavy atom. The molecule has 0 radical (unpaired) electrons. The Morgan fingerprint density at radius 3 is 2.71 bits per heavy atom. The van der Waals surface area contributed by atoms with Crippen molar-refractivity contribution in [1.29, 1.82) is 0 Å². The van der Waals surface area contributed by atoms with Gasteiger partial charge in [0.25, 0.3) is 0 Å². The number of amides is 1. The summed E-state index contributed by atoms with van der Waals surface area (Å²) in [5, 5.41) is 12.5. The van der Waals surface area contributed by atoms with Gasteiger partial charge in [-0.3, -0.25) is 4.79 Å². The second-order valence-electron chi connectivity index (χ2n) is 4.60. The number of ether oxygens (including phenoxy) is 1. The molecule has 0 spiro atoms. The largest absolute Gasteiger partial charge is 0.506 e. The van der Waals surface area contributed by atoms with E-state index in [1.807, 2.05) is 19.9 Å². The number of aromatic hydroxyl groups is 1. The summed E-state index contributed by atoms with van der Waals surface area (Å²) in [6.07, 6.45) is 0.742. The van der Waals surface area contributed by atoms with E-state index in [4.69, 9.17) is 4.74 Å². The molecule has 0 unspecified atom stereocenters. The maximum absolute atomic E-state index is 12.1. The highest BCUT2D eigenvalue weighted by Gasteiger charge is 2.44. The maximum Gasteiger partial charge on any atom is 0.235 e. The summed E-state index contributed by atoms with van der Waals surface area (Å²) in [6, 6.07) is 5.20. The van der Waals surface area contributed by atoms with Crippen LogP contribution in [0.25, 0.3) is 0 Å². The number of hydrogen-bond acceptors (Lipinski definition) is 3. The summed E-state index contributed by atoms with van der Waals surface area (Å²) in [5.41, 5.74) is 0.996. The van der Waals surface area contributed by atoms with Gasteiger partial charge >= 0.3 is 0 Å². The zero-order valence-electron chi connectivity index (χ0n) is 10.1. The molecule has 1 heterocycles. The molecular formula is C13H17NO3. The maximum atomic E-state index is 12.1. The molecule has 0 bridgehead atoms. The second kappa shape index (κ2) is 4.37. The van der Waals surface area contributed by atoms with Crippen molar-refractivity contribution in [3.8, 4) is 5.75 Å². The summed E-state index contributed by atoms with van der Waals surface area (Å²) in [6.45, 7) is 4.78. The first-order valence-electron chi connectivity index (χ1n) is 5.76. The van der Waals surface area contributed by atoms with E-state index in [1.165, 1.54) is 0 Å². The number of phenols is 1. The van der Waals surface area contributed by atoms with Gasteiger partial charge < -0.3 is 15.2 Å². The first-order valence-corrected chi connectivity index (χ1v) is 5.76. The molecule has 1 aromatic rings. The molecular weight excluding hydrogens is 218 g/mol. The van der Waals surface area contributed by atoms with Crippen molar-refractivity contribution >= 4 is 11.6 Å². The quantitative estimate of drug-likeness (QED) is 0.788. The van der Waals surface area contributed by atoms with Crippen LogP contribution in [0.15, 0.2) is 18.2 Å². The van der Waals surface area contributed by atoms with E-state index < -0.39 is 5.41 Å². The number of rotatable bonds is 3. The number of benzene rings is 1. The fourth-order valence-electron chi connectivity index (χ4n) is 1.85. The highest BCUT2D eigenvalue weighted by atomic mass is 16.5. The standard InChI is InChI=1S/C13H17NO3/c1-3-13(7-17-8-13)12(16)14-10-5-4-9(2)6-11(10)15/h4-6,15H,3,7-8H2,1-2H3,(H,14,16). The Balaban J connectivity index is 2.13. The molecule has 2 N–H and O–H groups in total. The number of phenolic OH excluding ortho intramolecular Hbond substituents is 1. The summed E-state index contributed by atoms with van der Waals surface area (Å²) < 4.78 is 5.11. The lowest BCUT2D eigenvalue weighted by Crippen LogP contribution is -2.51. The minimum atomic E-state index is -0.419. The lowest BCUT2D eigenvalue weighted by atomic mass is 9.82. The van der Waals surface area contributed by atoms with Gasteiger partial charge in [-0.25, -0.2) is 0 Å². The SMILES string of the molecule is CCC1(C(=O)Nc2ccc(C)cc2O)COC1. The molecule has 0 atom stereocenters. The molecule has 1 saturated heterocycles. The van der Waals surface area contributed by atoms with Crippen LogP contribution < -0.4 is 5.32 Å². The molecule has 1 aliphatic rings. The fraction of sp³-hybridized carbons (Fsp3) is 0.462. The summed E-state index contributed by atoms with van der Waals surface area (Å²) in [5.74, 6) is 0.0234. The third-order valence-corrected chi connectivity index (χ3v) is 3.32. The minimum absolute atomic E-state index is 0.0783. The lowest BCUT2D eigenvalue weighted by molar-refractivity contribution is -0.156. The van der Waals surface area contributed by atoms with Crippen LogP contribution in [-0.2, 0) is 9.53 Å². The van der Waals surface area contributed by atoms with E-state index in [0.717, 1.165) is 12.0 Å². The van der Waals surface area contributed by atoms with E-state index in [0.29, 0.717) is 18.9 Å². The molecule has 4 heteroatoms. The van der Waals surface area contributed by atoms with Crippen molar-refractivity contribution in [2.24, 2.45) is 5.41 Å². The average Bonchev–Trinajstić information content (AvgIpc) is 2.21. The van der Waals surface area contributed by atoms with Gasteiger partial charge in [0.2, 0.25) is 5.91 Å². The van der Waals surface area contributed by atoms with Crippen molar-refractivity contribution < 1.29 is 14.6 Å². The molecule has 0 saturated carbocycles. The van der Waals surface area contributed by atoms with Crippen LogP contribution >= 0.6 is 0 Å². The van der Waals surface area contributed by atoms with Crippen LogP contribution in [0.3, 0.4) is 0 Å². The Morgan fingerprint density at radius 2 is 2.24 bits per heavy atom. The molecule has 2 rings (SSSR count). The normalized spacial score (nSPS) is 17.3. The summed E-state index contributed by atoms with van der Waals surface area (Å²) in [4.78, 5) is 12.1. The van der Waals surface area contributed by atoms with Crippen molar-refractivity contribution in [2.45, 2.75) is 20.3 Å². The zero-order valence-corrected chi connectivity index (χ0v) is 10.1. The van der Waals surface area contributed by atoms with Crippen molar-refractivity contribution in [3.63, 3.8) is 0 Å². The average molecular weight is 235 g/mol. The van der Waals surface area contributed by atoms with Crippen LogP contribution in [0.2, 0.25) is 0 Å². The van der Waals surface area contributed by atoms with Crippen molar-refractivity contribution in [1.82, 2.24) is 0 Å². The van der Waals surface area contributed by atoms with Crippen LogP contribution in [0.4, 0.5) is 5.69 Å². The topological polar surface area (TPSA) is 58.6 Å². The Bertz CT molecular complexity index is 433. The third kappa shape index (κ3) is 2.13. The molecule has 1 aromatic carbocycles. The summed E-state index contributed by atoms with van der Waals surface area (Å²) in [7, 11) is 0. The predicted molar refractivity (Wildman–Crippen MR) is 65.0 cm³/mol. The molecule has 4 nitrogen and oxygen atoms in total. The first kappa shape index (κ1) is 11.9. The highest BCUT2D eigenvalue weighted by Crippen LogP contribution is 2.34. The van der Waals surface area contributed by atoms with E-state index >= 15 is 0 Å². The van der Waals surface area contributed by atoms with Crippen LogP contribution in [0, 0.1) is 12.3 Å². The number of carbonyl (C=O) groups is 1. The van der Waals surface area contributed by atoms with Gasteiger partial charge in [-0.1, -0.05) is 13.0 Å². The van der Waals surface area contributed by atoms with Gasteiger partial charge in [0, 0.05) is 0 Å². The van der Waals surface area contributed by atoms with Crippen molar-refractivity contribution in [2.75, 3.05) is 18.5 Å².